The molecule has 0 atom stereocenters. The number of hydrogen-bond acceptors (Lipinski definition) is 6. The van der Waals surface area contributed by atoms with Crippen LogP contribution < -0.4 is 10.1 Å². The minimum Gasteiger partial charge on any atom is -0.494 e. The molecule has 1 amide bonds. The average Bonchev–Trinajstić information content (AvgIpc) is 3.00. The van der Waals surface area contributed by atoms with Crippen molar-refractivity contribution in [3.05, 3.63) is 40.2 Å². The number of carbonyl (C=O) groups is 1. The molecule has 0 bridgehead atoms. The molecule has 118 valence electrons. The Balaban J connectivity index is 2.19. The van der Waals surface area contributed by atoms with Crippen molar-refractivity contribution in [3.8, 4) is 11.8 Å². The van der Waals surface area contributed by atoms with Crippen LogP contribution in [0.15, 0.2) is 23.8 Å². The summed E-state index contributed by atoms with van der Waals surface area (Å²) in [5.41, 5.74) is 0.212. The molecule has 0 fully saturated rings. The highest BCUT2D eigenvalue weighted by molar-refractivity contribution is 7.15. The first kappa shape index (κ1) is 16.6. The summed E-state index contributed by atoms with van der Waals surface area (Å²) in [5.74, 6) is -1.11. The number of aryl methyl sites for hydroxylation is 1. The molecule has 1 aromatic heterocycles. The van der Waals surface area contributed by atoms with Crippen LogP contribution in [-0.2, 0) is 11.2 Å². The number of methoxy groups -OCH3 is 1. The number of anilines is 1. The molecular weight excluding hydrogens is 319 g/mol. The molecule has 0 saturated carbocycles. The van der Waals surface area contributed by atoms with Crippen LogP contribution in [0.5, 0.6) is 5.75 Å². The summed E-state index contributed by atoms with van der Waals surface area (Å²) < 4.78 is 18.5. The first-order valence-electron chi connectivity index (χ1n) is 6.66. The number of aromatic nitrogens is 2. The Labute approximate surface area is 136 Å². The van der Waals surface area contributed by atoms with Gasteiger partial charge in [0.05, 0.1) is 7.11 Å². The molecule has 2 aromatic rings. The van der Waals surface area contributed by atoms with Gasteiger partial charge in [-0.25, -0.2) is 4.39 Å². The molecule has 0 spiro atoms. The van der Waals surface area contributed by atoms with Crippen LogP contribution in [0.3, 0.4) is 0 Å². The summed E-state index contributed by atoms with van der Waals surface area (Å²) in [5, 5.41) is 20.4. The Hall–Kier alpha value is -2.79. The van der Waals surface area contributed by atoms with E-state index in [2.05, 4.69) is 15.5 Å². The molecule has 8 heteroatoms. The summed E-state index contributed by atoms with van der Waals surface area (Å²) in [6.45, 7) is 1.92. The van der Waals surface area contributed by atoms with E-state index in [9.17, 15) is 9.18 Å². The van der Waals surface area contributed by atoms with Crippen molar-refractivity contribution in [2.24, 2.45) is 0 Å². The van der Waals surface area contributed by atoms with E-state index in [1.54, 1.807) is 12.1 Å². The van der Waals surface area contributed by atoms with Crippen molar-refractivity contribution in [1.82, 2.24) is 10.2 Å². The van der Waals surface area contributed by atoms with E-state index >= 15 is 0 Å². The molecule has 0 aliphatic rings. The average molecular weight is 332 g/mol. The molecule has 2 rings (SSSR count). The van der Waals surface area contributed by atoms with Gasteiger partial charge < -0.3 is 4.74 Å². The molecular formula is C15H13FN4O2S. The summed E-state index contributed by atoms with van der Waals surface area (Å²) in [4.78, 5) is 12.1. The van der Waals surface area contributed by atoms with Crippen molar-refractivity contribution < 1.29 is 13.9 Å². The van der Waals surface area contributed by atoms with E-state index < -0.39 is 11.7 Å². The number of nitriles is 1. The van der Waals surface area contributed by atoms with E-state index in [1.165, 1.54) is 36.7 Å². The predicted octanol–water partition coefficient (Wildman–Crippen LogP) is 2.79. The number of halogens is 1. The van der Waals surface area contributed by atoms with Crippen molar-refractivity contribution in [2.75, 3.05) is 12.4 Å². The van der Waals surface area contributed by atoms with E-state index in [0.29, 0.717) is 17.1 Å². The third kappa shape index (κ3) is 4.11. The van der Waals surface area contributed by atoms with Crippen LogP contribution in [0.4, 0.5) is 9.52 Å². The highest BCUT2D eigenvalue weighted by atomic mass is 32.1. The largest absolute Gasteiger partial charge is 0.494 e. The Morgan fingerprint density at radius 1 is 1.52 bits per heavy atom. The van der Waals surface area contributed by atoms with E-state index in [1.807, 2.05) is 6.92 Å². The number of nitrogens with zero attached hydrogens (tertiary/aromatic N) is 3. The quantitative estimate of drug-likeness (QED) is 0.672. The van der Waals surface area contributed by atoms with Gasteiger partial charge in [-0.1, -0.05) is 24.3 Å². The monoisotopic (exact) mass is 332 g/mol. The second-order valence-electron chi connectivity index (χ2n) is 4.37. The molecule has 23 heavy (non-hydrogen) atoms. The summed E-state index contributed by atoms with van der Waals surface area (Å²) >= 11 is 1.24. The van der Waals surface area contributed by atoms with Gasteiger partial charge in [0.1, 0.15) is 16.6 Å². The van der Waals surface area contributed by atoms with Gasteiger partial charge in [0.2, 0.25) is 5.13 Å². The number of ether oxygens (including phenoxy) is 1. The maximum absolute atomic E-state index is 13.6. The zero-order valence-electron chi connectivity index (χ0n) is 12.5. The Morgan fingerprint density at radius 2 is 2.30 bits per heavy atom. The molecule has 0 aliphatic carbocycles. The Bertz CT molecular complexity index is 795. The molecule has 0 unspecified atom stereocenters. The molecule has 0 radical (unpaired) electrons. The number of nitrogens with one attached hydrogen (secondary N) is 1. The fourth-order valence-electron chi connectivity index (χ4n) is 1.70. The van der Waals surface area contributed by atoms with E-state index in [0.717, 1.165) is 5.01 Å². The lowest BCUT2D eigenvalue weighted by Gasteiger charge is -2.03. The number of carbonyl (C=O) groups excluding carboxylic acids is 1. The molecule has 1 N–H and O–H groups in total. The van der Waals surface area contributed by atoms with Crippen LogP contribution in [0.1, 0.15) is 17.5 Å². The Kier molecular flexibility index (Phi) is 5.38. The topological polar surface area (TPSA) is 87.9 Å². The maximum Gasteiger partial charge on any atom is 0.268 e. The van der Waals surface area contributed by atoms with Gasteiger partial charge in [-0.3, -0.25) is 10.1 Å². The first-order chi connectivity index (χ1) is 11.1. The van der Waals surface area contributed by atoms with Crippen LogP contribution in [-0.4, -0.2) is 23.2 Å². The van der Waals surface area contributed by atoms with Gasteiger partial charge in [0.15, 0.2) is 11.6 Å². The van der Waals surface area contributed by atoms with Crippen LogP contribution in [0.2, 0.25) is 0 Å². The van der Waals surface area contributed by atoms with Gasteiger partial charge in [0, 0.05) is 0 Å². The van der Waals surface area contributed by atoms with Gasteiger partial charge in [0.25, 0.3) is 5.91 Å². The standard InChI is InChI=1S/C15H13FN4O2S/c1-3-13-19-20-15(23-13)18-14(21)10(8-17)6-9-4-5-12(22-2)11(16)7-9/h4-7H,3H2,1-2H3,(H,18,20,21)/b10-6+. The van der Waals surface area contributed by atoms with E-state index in [-0.39, 0.29) is 11.3 Å². The summed E-state index contributed by atoms with van der Waals surface area (Å²) in [6, 6.07) is 5.95. The molecule has 1 heterocycles. The van der Waals surface area contributed by atoms with Crippen molar-refractivity contribution >= 4 is 28.5 Å². The Morgan fingerprint density at radius 3 is 2.87 bits per heavy atom. The molecule has 1 aromatic carbocycles. The van der Waals surface area contributed by atoms with Crippen molar-refractivity contribution in [3.63, 3.8) is 0 Å². The second-order valence-corrected chi connectivity index (χ2v) is 5.43. The maximum atomic E-state index is 13.6. The highest BCUT2D eigenvalue weighted by Crippen LogP contribution is 2.20. The first-order valence-corrected chi connectivity index (χ1v) is 7.48. The normalized spacial score (nSPS) is 11.0. The zero-order valence-corrected chi connectivity index (χ0v) is 13.3. The van der Waals surface area contributed by atoms with Gasteiger partial charge in [-0.15, -0.1) is 10.2 Å². The number of hydrogen-bond donors (Lipinski definition) is 1. The number of rotatable bonds is 5. The van der Waals surface area contributed by atoms with Crippen LogP contribution in [0, 0.1) is 17.1 Å². The summed E-state index contributed by atoms with van der Waals surface area (Å²) in [7, 11) is 1.36. The smallest absolute Gasteiger partial charge is 0.268 e. The third-order valence-electron chi connectivity index (χ3n) is 2.84. The number of benzene rings is 1. The fourth-order valence-corrected chi connectivity index (χ4v) is 2.37. The lowest BCUT2D eigenvalue weighted by Crippen LogP contribution is -2.13. The molecule has 0 aliphatic heterocycles. The lowest BCUT2D eigenvalue weighted by atomic mass is 10.1. The predicted molar refractivity (Wildman–Crippen MR) is 84.5 cm³/mol. The third-order valence-corrected chi connectivity index (χ3v) is 3.82. The van der Waals surface area contributed by atoms with Crippen molar-refractivity contribution in [1.29, 1.82) is 5.26 Å². The summed E-state index contributed by atoms with van der Waals surface area (Å²) in [6.07, 6.45) is 2.00. The second kappa shape index (κ2) is 7.47. The van der Waals surface area contributed by atoms with Crippen LogP contribution >= 0.6 is 11.3 Å². The van der Waals surface area contributed by atoms with Gasteiger partial charge >= 0.3 is 0 Å². The minimum atomic E-state index is -0.623. The highest BCUT2D eigenvalue weighted by Gasteiger charge is 2.13. The van der Waals surface area contributed by atoms with Gasteiger partial charge in [-0.2, -0.15) is 5.26 Å². The van der Waals surface area contributed by atoms with E-state index in [4.69, 9.17) is 10.00 Å². The van der Waals surface area contributed by atoms with Gasteiger partial charge in [-0.05, 0) is 30.2 Å². The van der Waals surface area contributed by atoms with Crippen LogP contribution in [0.25, 0.3) is 6.08 Å². The molecule has 0 saturated heterocycles. The molecule has 6 nitrogen and oxygen atoms in total. The zero-order chi connectivity index (χ0) is 16.8. The van der Waals surface area contributed by atoms with Crippen molar-refractivity contribution in [2.45, 2.75) is 13.3 Å². The minimum absolute atomic E-state index is 0.0889. The number of amides is 1. The lowest BCUT2D eigenvalue weighted by molar-refractivity contribution is -0.112. The fraction of sp³-hybridized carbons (Fsp3) is 0.200. The SMILES string of the molecule is CCc1nnc(NC(=O)/C(C#N)=C/c2ccc(OC)c(F)c2)s1.